The summed E-state index contributed by atoms with van der Waals surface area (Å²) in [5.74, 6) is -3.49. The van der Waals surface area contributed by atoms with Gasteiger partial charge < -0.3 is 20.9 Å². The SMILES string of the molecule is CNC(=O)N(Cc1ccc[nH]1)C(=O)c1cc(NCC(N)(N)N)cc(NCC(N)(N)N)c1. The van der Waals surface area contributed by atoms with E-state index in [1.165, 1.54) is 7.05 Å². The molecule has 0 saturated heterocycles. The molecule has 2 aromatic rings. The Morgan fingerprint density at radius 1 is 0.968 bits per heavy atom. The van der Waals surface area contributed by atoms with E-state index in [0.29, 0.717) is 17.1 Å². The molecule has 0 atom stereocenters. The summed E-state index contributed by atoms with van der Waals surface area (Å²) in [7, 11) is 1.44. The van der Waals surface area contributed by atoms with Crippen LogP contribution >= 0.6 is 0 Å². The molecule has 1 aromatic heterocycles. The van der Waals surface area contributed by atoms with Gasteiger partial charge in [0.25, 0.3) is 5.91 Å². The van der Waals surface area contributed by atoms with Crippen molar-refractivity contribution in [3.63, 3.8) is 0 Å². The standard InChI is InChI=1S/C18H31N11O2/c1-25-16(31)29(8-12-3-2-4-26-12)15(30)11-5-13(27-9-17(19,20)21)7-14(6-11)28-10-18(22,23)24/h2-7,26-28H,8-10,19-24H2,1H3,(H,25,31). The third kappa shape index (κ3) is 7.86. The Morgan fingerprint density at radius 3 is 1.94 bits per heavy atom. The molecule has 3 amide bonds. The van der Waals surface area contributed by atoms with Crippen molar-refractivity contribution in [1.82, 2.24) is 15.2 Å². The molecule has 0 spiro atoms. The van der Waals surface area contributed by atoms with Crippen LogP contribution in [0.2, 0.25) is 0 Å². The zero-order chi connectivity index (χ0) is 23.2. The lowest BCUT2D eigenvalue weighted by atomic mass is 10.1. The van der Waals surface area contributed by atoms with Gasteiger partial charge in [-0.3, -0.25) is 44.1 Å². The number of urea groups is 1. The average molecular weight is 434 g/mol. The fourth-order valence-electron chi connectivity index (χ4n) is 2.63. The van der Waals surface area contributed by atoms with E-state index in [9.17, 15) is 9.59 Å². The number of hydrogen-bond acceptors (Lipinski definition) is 10. The van der Waals surface area contributed by atoms with Gasteiger partial charge in [-0.1, -0.05) is 0 Å². The molecule has 0 fully saturated rings. The topological polar surface area (TPSA) is 245 Å². The van der Waals surface area contributed by atoms with Crippen molar-refractivity contribution in [1.29, 1.82) is 0 Å². The normalized spacial score (nSPS) is 11.7. The monoisotopic (exact) mass is 433 g/mol. The van der Waals surface area contributed by atoms with Gasteiger partial charge in [0.2, 0.25) is 0 Å². The second-order valence-electron chi connectivity index (χ2n) is 7.37. The molecular formula is C18H31N11O2. The average Bonchev–Trinajstić information content (AvgIpc) is 3.20. The van der Waals surface area contributed by atoms with E-state index in [1.807, 2.05) is 0 Å². The summed E-state index contributed by atoms with van der Waals surface area (Å²) in [6, 6.07) is 7.73. The second kappa shape index (κ2) is 9.74. The highest BCUT2D eigenvalue weighted by atomic mass is 16.2. The number of amides is 3. The number of carbonyl (C=O) groups excluding carboxylic acids is 2. The molecule has 2 rings (SSSR count). The number of nitrogens with zero attached hydrogens (tertiary/aromatic N) is 1. The molecule has 0 unspecified atom stereocenters. The van der Waals surface area contributed by atoms with Crippen molar-refractivity contribution in [2.75, 3.05) is 30.8 Å². The maximum atomic E-state index is 13.2. The number of nitrogens with two attached hydrogens (primary N) is 6. The molecule has 0 aliphatic carbocycles. The van der Waals surface area contributed by atoms with Crippen molar-refractivity contribution in [2.45, 2.75) is 18.1 Å². The van der Waals surface area contributed by atoms with E-state index < -0.39 is 23.5 Å². The quantitative estimate of drug-likeness (QED) is 0.192. The lowest BCUT2D eigenvalue weighted by Crippen LogP contribution is -2.62. The van der Waals surface area contributed by atoms with E-state index in [-0.39, 0.29) is 25.2 Å². The van der Waals surface area contributed by atoms with E-state index in [0.717, 1.165) is 4.90 Å². The molecule has 0 radical (unpaired) electrons. The minimum absolute atomic E-state index is 0.0142. The highest BCUT2D eigenvalue weighted by Gasteiger charge is 2.24. The molecule has 170 valence electrons. The number of benzene rings is 1. The van der Waals surface area contributed by atoms with Crippen LogP contribution < -0.4 is 50.4 Å². The van der Waals surface area contributed by atoms with E-state index in [4.69, 9.17) is 34.4 Å². The molecule has 0 aliphatic rings. The number of anilines is 2. The van der Waals surface area contributed by atoms with Crippen molar-refractivity contribution in [3.05, 3.63) is 47.8 Å². The summed E-state index contributed by atoms with van der Waals surface area (Å²) in [4.78, 5) is 29.6. The molecule has 0 aliphatic heterocycles. The first kappa shape index (κ1) is 24.1. The Morgan fingerprint density at radius 2 is 1.52 bits per heavy atom. The molecule has 1 heterocycles. The summed E-state index contributed by atoms with van der Waals surface area (Å²) >= 11 is 0. The first-order valence-electron chi connectivity index (χ1n) is 9.40. The molecule has 13 nitrogen and oxygen atoms in total. The van der Waals surface area contributed by atoms with E-state index in [1.54, 1.807) is 36.5 Å². The summed E-state index contributed by atoms with van der Waals surface area (Å²) in [5, 5.41) is 8.39. The Labute approximate surface area is 179 Å². The van der Waals surface area contributed by atoms with Crippen LogP contribution in [0.4, 0.5) is 16.2 Å². The van der Waals surface area contributed by atoms with Crippen LogP contribution in [0.25, 0.3) is 0 Å². The Bertz CT molecular complexity index is 849. The highest BCUT2D eigenvalue weighted by Crippen LogP contribution is 2.21. The molecule has 1 aromatic carbocycles. The Hall–Kier alpha value is -3.20. The minimum atomic E-state index is -1.48. The van der Waals surface area contributed by atoms with Gasteiger partial charge in [0, 0.05) is 35.9 Å². The first-order chi connectivity index (χ1) is 14.4. The predicted octanol–water partition coefficient (Wildman–Crippen LogP) is -2.12. The van der Waals surface area contributed by atoms with Gasteiger partial charge in [0.05, 0.1) is 19.6 Å². The fourth-order valence-corrected chi connectivity index (χ4v) is 2.63. The summed E-state index contributed by atoms with van der Waals surface area (Å²) < 4.78 is 0. The largest absolute Gasteiger partial charge is 0.380 e. The van der Waals surface area contributed by atoms with Gasteiger partial charge in [-0.15, -0.1) is 0 Å². The van der Waals surface area contributed by atoms with Crippen molar-refractivity contribution < 1.29 is 9.59 Å². The molecule has 13 heteroatoms. The van der Waals surface area contributed by atoms with Crippen molar-refractivity contribution >= 4 is 23.3 Å². The molecule has 16 N–H and O–H groups in total. The third-order valence-corrected chi connectivity index (χ3v) is 4.07. The lowest BCUT2D eigenvalue weighted by molar-refractivity contribution is 0.0791. The third-order valence-electron chi connectivity index (χ3n) is 4.07. The molecule has 0 bridgehead atoms. The Balaban J connectivity index is 2.36. The second-order valence-corrected chi connectivity index (χ2v) is 7.37. The first-order valence-corrected chi connectivity index (χ1v) is 9.40. The van der Waals surface area contributed by atoms with Crippen molar-refractivity contribution in [2.24, 2.45) is 34.4 Å². The number of H-pyrrole nitrogens is 1. The van der Waals surface area contributed by atoms with E-state index in [2.05, 4.69) is 20.9 Å². The van der Waals surface area contributed by atoms with Gasteiger partial charge >= 0.3 is 6.03 Å². The fraction of sp³-hybridized carbons (Fsp3) is 0.333. The Kier molecular flexibility index (Phi) is 7.56. The molecular weight excluding hydrogens is 402 g/mol. The minimum Gasteiger partial charge on any atom is -0.380 e. The lowest BCUT2D eigenvalue weighted by Gasteiger charge is -2.24. The predicted molar refractivity (Wildman–Crippen MR) is 119 cm³/mol. The number of rotatable bonds is 9. The van der Waals surface area contributed by atoms with Gasteiger partial charge in [0.15, 0.2) is 0 Å². The smallest absolute Gasteiger partial charge is 0.324 e. The zero-order valence-electron chi connectivity index (χ0n) is 17.3. The van der Waals surface area contributed by atoms with Crippen LogP contribution in [0.1, 0.15) is 16.1 Å². The highest BCUT2D eigenvalue weighted by molar-refractivity contribution is 6.05. The van der Waals surface area contributed by atoms with Gasteiger partial charge in [-0.25, -0.2) is 4.79 Å². The van der Waals surface area contributed by atoms with Crippen LogP contribution in [-0.2, 0) is 6.54 Å². The summed E-state index contributed by atoms with van der Waals surface area (Å²) in [6.45, 7) is 0.0710. The van der Waals surface area contributed by atoms with Gasteiger partial charge in [0.1, 0.15) is 11.6 Å². The summed E-state index contributed by atoms with van der Waals surface area (Å²) in [6.07, 6.45) is 1.70. The van der Waals surface area contributed by atoms with Gasteiger partial charge in [-0.2, -0.15) is 0 Å². The van der Waals surface area contributed by atoms with Crippen molar-refractivity contribution in [3.8, 4) is 0 Å². The number of aromatic nitrogens is 1. The van der Waals surface area contributed by atoms with E-state index >= 15 is 0 Å². The zero-order valence-corrected chi connectivity index (χ0v) is 17.3. The molecule has 0 saturated carbocycles. The molecule has 31 heavy (non-hydrogen) atoms. The number of aromatic amines is 1. The maximum absolute atomic E-state index is 13.2. The summed E-state index contributed by atoms with van der Waals surface area (Å²) in [5.41, 5.74) is 35.5. The van der Waals surface area contributed by atoms with Crippen LogP contribution in [0.5, 0.6) is 0 Å². The number of imide groups is 1. The maximum Gasteiger partial charge on any atom is 0.324 e. The van der Waals surface area contributed by atoms with Crippen LogP contribution in [-0.4, -0.2) is 53.5 Å². The number of hydrogen-bond donors (Lipinski definition) is 10. The number of nitrogens with one attached hydrogen (secondary N) is 4. The van der Waals surface area contributed by atoms with Crippen LogP contribution in [0.15, 0.2) is 36.5 Å². The van der Waals surface area contributed by atoms with Crippen LogP contribution in [0, 0.1) is 0 Å². The number of carbonyl (C=O) groups is 2. The van der Waals surface area contributed by atoms with Crippen LogP contribution in [0.3, 0.4) is 0 Å². The van der Waals surface area contributed by atoms with Gasteiger partial charge in [-0.05, 0) is 30.3 Å².